The van der Waals surface area contributed by atoms with Crippen molar-refractivity contribution in [2.24, 2.45) is 0 Å². The number of aromatic nitrogens is 3. The van der Waals surface area contributed by atoms with Crippen LogP contribution in [0.4, 0.5) is 18.0 Å². The molecule has 0 aliphatic rings. The zero-order valence-electron chi connectivity index (χ0n) is 23.6. The van der Waals surface area contributed by atoms with Gasteiger partial charge >= 0.3 is 12.3 Å². The SMILES string of the molecule is COc1cc(C)c2c(ccn2C(=O)O)c1C(OC)(c1nc2cc(C#N)ccc2n1COCC[Si](C)(C)C)C(F)(F)F. The van der Waals surface area contributed by atoms with E-state index in [0.717, 1.165) is 17.7 Å². The molecule has 0 spiro atoms. The lowest BCUT2D eigenvalue weighted by atomic mass is 9.87. The Labute approximate surface area is 235 Å². The summed E-state index contributed by atoms with van der Waals surface area (Å²) in [5.41, 5.74) is -2.55. The molecule has 1 unspecified atom stereocenters. The van der Waals surface area contributed by atoms with Gasteiger partial charge in [0.05, 0.1) is 40.9 Å². The number of benzene rings is 2. The molecule has 2 aromatic carbocycles. The highest BCUT2D eigenvalue weighted by atomic mass is 28.3. The van der Waals surface area contributed by atoms with E-state index in [0.29, 0.717) is 17.7 Å². The number of methoxy groups -OCH3 is 2. The van der Waals surface area contributed by atoms with E-state index in [1.807, 2.05) is 6.07 Å². The van der Waals surface area contributed by atoms with Crippen molar-refractivity contribution in [3.63, 3.8) is 0 Å². The second-order valence-corrected chi connectivity index (χ2v) is 16.5. The van der Waals surface area contributed by atoms with Gasteiger partial charge in [0.15, 0.2) is 5.82 Å². The second kappa shape index (κ2) is 10.8. The lowest BCUT2D eigenvalue weighted by Gasteiger charge is -2.36. The minimum Gasteiger partial charge on any atom is -0.496 e. The monoisotopic (exact) mass is 588 g/mol. The molecule has 41 heavy (non-hydrogen) atoms. The summed E-state index contributed by atoms with van der Waals surface area (Å²) in [5.74, 6) is -0.703. The Balaban J connectivity index is 2.10. The van der Waals surface area contributed by atoms with Crippen molar-refractivity contribution in [2.45, 2.75) is 51.1 Å². The van der Waals surface area contributed by atoms with Crippen LogP contribution < -0.4 is 4.74 Å². The molecule has 0 saturated carbocycles. The standard InChI is InChI=1S/C28H31F3N4O5Si/c1-17-13-22(38-2)23(19-9-10-34(24(17)19)26(36)37)27(39-3,28(29,30)31)25-33-20-14-18(15-32)7-8-21(20)35(25)16-40-11-12-41(4,5)6/h7-10,13-14H,11-12,16H2,1-6H3,(H,36,37). The van der Waals surface area contributed by atoms with Crippen LogP contribution in [0, 0.1) is 18.3 Å². The van der Waals surface area contributed by atoms with Crippen molar-refractivity contribution in [1.82, 2.24) is 14.1 Å². The Hall–Kier alpha value is -3.86. The summed E-state index contributed by atoms with van der Waals surface area (Å²) < 4.78 is 65.8. The predicted molar refractivity (Wildman–Crippen MR) is 149 cm³/mol. The maximum atomic E-state index is 15.6. The molecule has 4 rings (SSSR count). The average molecular weight is 589 g/mol. The summed E-state index contributed by atoms with van der Waals surface area (Å²) in [7, 11) is 0.655. The number of nitriles is 1. The lowest BCUT2D eigenvalue weighted by Crippen LogP contribution is -2.47. The van der Waals surface area contributed by atoms with Crippen LogP contribution in [0.5, 0.6) is 5.75 Å². The van der Waals surface area contributed by atoms with Gasteiger partial charge in [0.2, 0.25) is 0 Å². The third kappa shape index (κ3) is 5.18. The van der Waals surface area contributed by atoms with Crippen LogP contribution in [0.1, 0.15) is 22.5 Å². The number of ether oxygens (including phenoxy) is 3. The molecule has 2 aromatic heterocycles. The van der Waals surface area contributed by atoms with Gasteiger partial charge in [-0.2, -0.15) is 18.4 Å². The zero-order chi connectivity index (χ0) is 30.3. The van der Waals surface area contributed by atoms with Gasteiger partial charge in [-0.25, -0.2) is 9.78 Å². The fourth-order valence-corrected chi connectivity index (χ4v) is 5.77. The van der Waals surface area contributed by atoms with E-state index in [4.69, 9.17) is 14.2 Å². The third-order valence-electron chi connectivity index (χ3n) is 7.02. The number of aryl methyl sites for hydroxylation is 1. The highest BCUT2D eigenvalue weighted by Gasteiger charge is 2.63. The molecule has 0 saturated heterocycles. The van der Waals surface area contributed by atoms with Crippen LogP contribution in [0.3, 0.4) is 0 Å². The quantitative estimate of drug-likeness (QED) is 0.176. The molecule has 1 atom stereocenters. The highest BCUT2D eigenvalue weighted by Crippen LogP contribution is 2.53. The minimum absolute atomic E-state index is 0.0283. The Morgan fingerprint density at radius 2 is 1.88 bits per heavy atom. The van der Waals surface area contributed by atoms with Crippen molar-refractivity contribution in [1.29, 1.82) is 5.26 Å². The van der Waals surface area contributed by atoms with Gasteiger partial charge in [-0.15, -0.1) is 0 Å². The summed E-state index contributed by atoms with van der Waals surface area (Å²) in [4.78, 5) is 16.3. The molecule has 1 N–H and O–H groups in total. The van der Waals surface area contributed by atoms with E-state index in [1.54, 1.807) is 6.92 Å². The van der Waals surface area contributed by atoms with Gasteiger partial charge in [0.25, 0.3) is 5.60 Å². The Morgan fingerprint density at radius 1 is 1.17 bits per heavy atom. The number of carbonyl (C=O) groups is 1. The summed E-state index contributed by atoms with van der Waals surface area (Å²) in [6.07, 6.45) is -5.29. The molecule has 0 fully saturated rings. The number of hydrogen-bond donors (Lipinski definition) is 1. The third-order valence-corrected chi connectivity index (χ3v) is 8.72. The number of hydrogen-bond acceptors (Lipinski definition) is 6. The van der Waals surface area contributed by atoms with Crippen LogP contribution in [0.25, 0.3) is 21.9 Å². The molecule has 0 aliphatic carbocycles. The Bertz CT molecular complexity index is 1670. The minimum atomic E-state index is -5.11. The molecular weight excluding hydrogens is 557 g/mol. The number of imidazole rings is 1. The second-order valence-electron chi connectivity index (χ2n) is 10.9. The van der Waals surface area contributed by atoms with Crippen molar-refractivity contribution in [3.8, 4) is 11.8 Å². The van der Waals surface area contributed by atoms with Crippen LogP contribution in [-0.2, 0) is 21.8 Å². The fraction of sp³-hybridized carbons (Fsp3) is 0.393. The van der Waals surface area contributed by atoms with E-state index in [2.05, 4.69) is 24.6 Å². The Kier molecular flexibility index (Phi) is 7.96. The first-order valence-corrected chi connectivity index (χ1v) is 16.4. The van der Waals surface area contributed by atoms with E-state index in [9.17, 15) is 15.2 Å². The van der Waals surface area contributed by atoms with E-state index < -0.39 is 37.3 Å². The van der Waals surface area contributed by atoms with Crippen LogP contribution in [-0.4, -0.2) is 60.4 Å². The number of rotatable bonds is 9. The Morgan fingerprint density at radius 3 is 2.44 bits per heavy atom. The van der Waals surface area contributed by atoms with Gasteiger partial charge in [0.1, 0.15) is 12.5 Å². The molecule has 0 radical (unpaired) electrons. The first-order valence-electron chi connectivity index (χ1n) is 12.7. The van der Waals surface area contributed by atoms with E-state index in [1.165, 1.54) is 48.2 Å². The number of nitrogens with zero attached hydrogens (tertiary/aromatic N) is 4. The van der Waals surface area contributed by atoms with E-state index in [-0.39, 0.29) is 34.5 Å². The molecule has 9 nitrogen and oxygen atoms in total. The zero-order valence-corrected chi connectivity index (χ0v) is 24.6. The molecule has 0 amide bonds. The maximum Gasteiger partial charge on any atom is 0.429 e. The maximum absolute atomic E-state index is 15.6. The van der Waals surface area contributed by atoms with Gasteiger partial charge in [-0.05, 0) is 48.9 Å². The van der Waals surface area contributed by atoms with Crippen molar-refractivity contribution in [2.75, 3.05) is 20.8 Å². The van der Waals surface area contributed by atoms with Crippen molar-refractivity contribution in [3.05, 3.63) is 59.0 Å². The summed E-state index contributed by atoms with van der Waals surface area (Å²) >= 11 is 0. The van der Waals surface area contributed by atoms with Crippen LogP contribution in [0.15, 0.2) is 36.5 Å². The molecule has 2 heterocycles. The summed E-state index contributed by atoms with van der Waals surface area (Å²) in [6.45, 7) is 8.13. The number of carboxylic acid groups (broad SMARTS) is 1. The van der Waals surface area contributed by atoms with Gasteiger partial charge < -0.3 is 23.9 Å². The number of fused-ring (bicyclic) bond motifs is 2. The first-order chi connectivity index (χ1) is 19.2. The molecule has 4 aromatic rings. The summed E-state index contributed by atoms with van der Waals surface area (Å²) in [5, 5.41) is 19.1. The van der Waals surface area contributed by atoms with Gasteiger partial charge in [-0.1, -0.05) is 19.6 Å². The average Bonchev–Trinajstić information content (AvgIpc) is 3.49. The lowest BCUT2D eigenvalue weighted by molar-refractivity contribution is -0.262. The predicted octanol–water partition coefficient (Wildman–Crippen LogP) is 6.47. The molecule has 0 bridgehead atoms. The van der Waals surface area contributed by atoms with Crippen molar-refractivity contribution < 1.29 is 37.3 Å². The van der Waals surface area contributed by atoms with Crippen LogP contribution in [0.2, 0.25) is 25.7 Å². The molecule has 218 valence electrons. The van der Waals surface area contributed by atoms with Crippen molar-refractivity contribution >= 4 is 36.1 Å². The van der Waals surface area contributed by atoms with Gasteiger partial charge in [-0.3, -0.25) is 4.57 Å². The first kappa shape index (κ1) is 30.1. The molecule has 13 heteroatoms. The highest BCUT2D eigenvalue weighted by molar-refractivity contribution is 6.76. The topological polar surface area (TPSA) is 112 Å². The summed E-state index contributed by atoms with van der Waals surface area (Å²) in [6, 6.07) is 9.83. The smallest absolute Gasteiger partial charge is 0.429 e. The van der Waals surface area contributed by atoms with E-state index >= 15 is 13.2 Å². The normalized spacial score (nSPS) is 13.9. The number of alkyl halides is 3. The van der Waals surface area contributed by atoms with Gasteiger partial charge in [0, 0.05) is 33.4 Å². The fourth-order valence-electron chi connectivity index (χ4n) is 5.01. The molecular formula is C28H31F3N4O5Si. The number of halogens is 3. The molecule has 0 aliphatic heterocycles. The largest absolute Gasteiger partial charge is 0.496 e. The van der Waals surface area contributed by atoms with Crippen LogP contribution >= 0.6 is 0 Å².